The Morgan fingerprint density at radius 2 is 2.13 bits per heavy atom. The summed E-state index contributed by atoms with van der Waals surface area (Å²) in [6, 6.07) is 0. The fourth-order valence-electron chi connectivity index (χ4n) is 1.16. The number of nitrogens with one attached hydrogen (secondary N) is 2. The van der Waals surface area contributed by atoms with Crippen LogP contribution in [0.25, 0.3) is 11.1 Å². The van der Waals surface area contributed by atoms with Gasteiger partial charge in [-0.05, 0) is 0 Å². The molecule has 0 aliphatic heterocycles. The summed E-state index contributed by atoms with van der Waals surface area (Å²) in [6.07, 6.45) is 4.26. The number of carboxylic acids is 1. The van der Waals surface area contributed by atoms with Crippen molar-refractivity contribution in [1.29, 1.82) is 0 Å². The fourth-order valence-corrected chi connectivity index (χ4v) is 1.16. The second-order valence-corrected chi connectivity index (χ2v) is 2.77. The number of nitrogens with zero attached hydrogens (tertiary/aromatic N) is 2. The molecule has 0 bridgehead atoms. The van der Waals surface area contributed by atoms with E-state index in [0.717, 1.165) is 0 Å². The molecule has 0 radical (unpaired) electrons. The molecule has 3 N–H and O–H groups in total. The van der Waals surface area contributed by atoms with Crippen molar-refractivity contribution in [3.8, 4) is 11.1 Å². The topological polar surface area (TPSA) is 112 Å². The van der Waals surface area contributed by atoms with Crippen LogP contribution in [0.3, 0.4) is 0 Å². The molecular formula is C8H6N4O3. The predicted molar refractivity (Wildman–Crippen MR) is 49.4 cm³/mol. The fraction of sp³-hybridized carbons (Fsp3) is 0. The highest BCUT2D eigenvalue weighted by Crippen LogP contribution is 2.10. The van der Waals surface area contributed by atoms with Crippen molar-refractivity contribution < 1.29 is 9.90 Å². The average Bonchev–Trinajstić information content (AvgIpc) is 2.70. The van der Waals surface area contributed by atoms with E-state index in [1.54, 1.807) is 0 Å². The largest absolute Gasteiger partial charge is 0.476 e. The molecule has 0 amide bonds. The minimum absolute atomic E-state index is 0.219. The molecule has 0 aromatic carbocycles. The quantitative estimate of drug-likeness (QED) is 0.633. The summed E-state index contributed by atoms with van der Waals surface area (Å²) < 4.78 is 0. The Balaban J connectivity index is 2.65. The summed E-state index contributed by atoms with van der Waals surface area (Å²) in [5, 5.41) is 20.6. The van der Waals surface area contributed by atoms with E-state index in [0.29, 0.717) is 5.56 Å². The van der Waals surface area contributed by atoms with E-state index < -0.39 is 17.1 Å². The van der Waals surface area contributed by atoms with Crippen LogP contribution in [0.4, 0.5) is 0 Å². The molecule has 2 rings (SSSR count). The third-order valence-electron chi connectivity index (χ3n) is 1.86. The van der Waals surface area contributed by atoms with E-state index in [4.69, 9.17) is 5.11 Å². The van der Waals surface area contributed by atoms with Crippen LogP contribution in [-0.2, 0) is 0 Å². The lowest BCUT2D eigenvalue weighted by Crippen LogP contribution is -2.19. The summed E-state index contributed by atoms with van der Waals surface area (Å²) in [6.45, 7) is 0. The van der Waals surface area contributed by atoms with Gasteiger partial charge in [0, 0.05) is 18.0 Å². The SMILES string of the molecule is O=C(O)c1n[nH]cc(-c2cn[nH]c2)c1=O. The van der Waals surface area contributed by atoms with Crippen molar-refractivity contribution in [3.05, 3.63) is 34.5 Å². The minimum atomic E-state index is -1.36. The first-order chi connectivity index (χ1) is 7.20. The van der Waals surface area contributed by atoms with Gasteiger partial charge in [0.2, 0.25) is 11.1 Å². The zero-order valence-electron chi connectivity index (χ0n) is 7.39. The first kappa shape index (κ1) is 9.13. The van der Waals surface area contributed by atoms with Crippen LogP contribution in [0.5, 0.6) is 0 Å². The lowest BCUT2D eigenvalue weighted by atomic mass is 10.1. The molecule has 2 aromatic rings. The summed E-state index contributed by atoms with van der Waals surface area (Å²) in [7, 11) is 0. The van der Waals surface area contributed by atoms with Gasteiger partial charge in [-0.2, -0.15) is 10.2 Å². The van der Waals surface area contributed by atoms with Crippen LogP contribution < -0.4 is 5.43 Å². The van der Waals surface area contributed by atoms with Gasteiger partial charge < -0.3 is 5.11 Å². The van der Waals surface area contributed by atoms with E-state index in [9.17, 15) is 9.59 Å². The Bertz CT molecular complexity index is 543. The highest BCUT2D eigenvalue weighted by molar-refractivity contribution is 5.86. The molecule has 2 heterocycles. The Labute approximate surface area is 82.8 Å². The van der Waals surface area contributed by atoms with Gasteiger partial charge in [0.15, 0.2) is 0 Å². The van der Waals surface area contributed by atoms with E-state index in [1.165, 1.54) is 18.6 Å². The van der Waals surface area contributed by atoms with Crippen LogP contribution in [0.15, 0.2) is 23.4 Å². The highest BCUT2D eigenvalue weighted by atomic mass is 16.4. The van der Waals surface area contributed by atoms with Crippen LogP contribution >= 0.6 is 0 Å². The van der Waals surface area contributed by atoms with E-state index in [1.807, 2.05) is 0 Å². The van der Waals surface area contributed by atoms with Gasteiger partial charge in [0.25, 0.3) is 0 Å². The number of carboxylic acid groups (broad SMARTS) is 1. The third kappa shape index (κ3) is 1.50. The van der Waals surface area contributed by atoms with Crippen LogP contribution in [0.1, 0.15) is 10.5 Å². The molecule has 0 aliphatic carbocycles. The maximum atomic E-state index is 11.6. The molecule has 0 unspecified atom stereocenters. The summed E-state index contributed by atoms with van der Waals surface area (Å²) in [4.78, 5) is 22.2. The van der Waals surface area contributed by atoms with Gasteiger partial charge in [0.1, 0.15) is 0 Å². The molecule has 7 nitrogen and oxygen atoms in total. The van der Waals surface area contributed by atoms with Gasteiger partial charge in [0.05, 0.1) is 11.8 Å². The van der Waals surface area contributed by atoms with Gasteiger partial charge >= 0.3 is 5.97 Å². The smallest absolute Gasteiger partial charge is 0.360 e. The second-order valence-electron chi connectivity index (χ2n) is 2.77. The van der Waals surface area contributed by atoms with Gasteiger partial charge in [-0.25, -0.2) is 4.79 Å². The van der Waals surface area contributed by atoms with E-state index in [2.05, 4.69) is 20.4 Å². The molecule has 0 saturated carbocycles. The highest BCUT2D eigenvalue weighted by Gasteiger charge is 2.14. The maximum Gasteiger partial charge on any atom is 0.360 e. The summed E-state index contributed by atoms with van der Waals surface area (Å²) >= 11 is 0. The van der Waals surface area contributed by atoms with Crippen molar-refractivity contribution in [2.45, 2.75) is 0 Å². The number of hydrogen-bond donors (Lipinski definition) is 3. The van der Waals surface area contributed by atoms with Gasteiger partial charge in [-0.15, -0.1) is 0 Å². The molecule has 0 atom stereocenters. The lowest BCUT2D eigenvalue weighted by molar-refractivity contribution is 0.0687. The summed E-state index contributed by atoms with van der Waals surface area (Å²) in [5.41, 5.74) is -0.436. The number of rotatable bonds is 2. The van der Waals surface area contributed by atoms with Crippen molar-refractivity contribution in [3.63, 3.8) is 0 Å². The monoisotopic (exact) mass is 206 g/mol. The standard InChI is InChI=1S/C8H6N4O3/c13-7-5(4-1-9-10-2-4)3-11-12-6(7)8(14)15/h1-3H,(H,9,10)(H,11,13)(H,14,15). The number of aromatic amines is 2. The Hall–Kier alpha value is -2.44. The molecule has 2 aromatic heterocycles. The zero-order valence-corrected chi connectivity index (χ0v) is 7.39. The van der Waals surface area contributed by atoms with Crippen LogP contribution in [0, 0.1) is 0 Å². The van der Waals surface area contributed by atoms with E-state index in [-0.39, 0.29) is 5.56 Å². The van der Waals surface area contributed by atoms with Crippen molar-refractivity contribution in [2.75, 3.05) is 0 Å². The second kappa shape index (κ2) is 3.37. The normalized spacial score (nSPS) is 10.1. The maximum absolute atomic E-state index is 11.6. The summed E-state index contributed by atoms with van der Waals surface area (Å²) in [5.74, 6) is -1.36. The first-order valence-electron chi connectivity index (χ1n) is 4.00. The average molecular weight is 206 g/mol. The zero-order chi connectivity index (χ0) is 10.8. The van der Waals surface area contributed by atoms with Crippen LogP contribution in [0.2, 0.25) is 0 Å². The molecule has 0 spiro atoms. The predicted octanol–water partition coefficient (Wildman–Crippen LogP) is -0.142. The number of aromatic carboxylic acids is 1. The van der Waals surface area contributed by atoms with Crippen molar-refractivity contribution in [1.82, 2.24) is 20.4 Å². The number of H-pyrrole nitrogens is 2. The molecule has 0 fully saturated rings. The van der Waals surface area contributed by atoms with Crippen molar-refractivity contribution in [2.24, 2.45) is 0 Å². The molecule has 15 heavy (non-hydrogen) atoms. The van der Waals surface area contributed by atoms with E-state index >= 15 is 0 Å². The minimum Gasteiger partial charge on any atom is -0.476 e. The Morgan fingerprint density at radius 3 is 2.73 bits per heavy atom. The number of aromatic nitrogens is 4. The molecule has 0 aliphatic rings. The third-order valence-corrected chi connectivity index (χ3v) is 1.86. The molecule has 7 heteroatoms. The number of hydrogen-bond acceptors (Lipinski definition) is 4. The Morgan fingerprint density at radius 1 is 1.33 bits per heavy atom. The lowest BCUT2D eigenvalue weighted by Gasteiger charge is -1.96. The molecule has 76 valence electrons. The number of carbonyl (C=O) groups is 1. The first-order valence-corrected chi connectivity index (χ1v) is 4.00. The van der Waals surface area contributed by atoms with Crippen LogP contribution in [-0.4, -0.2) is 31.5 Å². The molecule has 0 saturated heterocycles. The Kier molecular flexibility index (Phi) is 2.05. The van der Waals surface area contributed by atoms with Gasteiger partial charge in [-0.1, -0.05) is 0 Å². The molecular weight excluding hydrogens is 200 g/mol. The van der Waals surface area contributed by atoms with Gasteiger partial charge in [-0.3, -0.25) is 15.0 Å². The van der Waals surface area contributed by atoms with Crippen molar-refractivity contribution >= 4 is 5.97 Å².